The van der Waals surface area contributed by atoms with E-state index in [1.807, 2.05) is 24.3 Å². The normalized spacial score (nSPS) is 14.6. The molecule has 0 bridgehead atoms. The molecular weight excluding hydrogens is 455 g/mol. The van der Waals surface area contributed by atoms with E-state index in [4.69, 9.17) is 11.6 Å². The molecule has 0 radical (unpaired) electrons. The smallest absolute Gasteiger partial charge is 0.249 e. The average Bonchev–Trinajstić information content (AvgIpc) is 3.11. The third-order valence-corrected chi connectivity index (χ3v) is 7.88. The van der Waals surface area contributed by atoms with E-state index < -0.39 is 21.5 Å². The Morgan fingerprint density at radius 1 is 1.03 bits per heavy atom. The second kappa shape index (κ2) is 7.84. The highest BCUT2D eigenvalue weighted by molar-refractivity contribution is 7.89. The number of fused-ring (bicyclic) bond motifs is 2. The van der Waals surface area contributed by atoms with E-state index in [2.05, 4.69) is 5.10 Å². The molecule has 0 saturated carbocycles. The van der Waals surface area contributed by atoms with Crippen molar-refractivity contribution in [3.63, 3.8) is 0 Å². The quantitative estimate of drug-likeness (QED) is 0.457. The molecule has 0 amide bonds. The van der Waals surface area contributed by atoms with Gasteiger partial charge >= 0.3 is 5.69 Å². The summed E-state index contributed by atoms with van der Waals surface area (Å²) in [6.45, 7) is 0.355. The highest BCUT2D eigenvalue weighted by atomic mass is 35.5. The molecule has 32 heavy (non-hydrogen) atoms. The summed E-state index contributed by atoms with van der Waals surface area (Å²) in [6, 6.07) is 14.9. The van der Waals surface area contributed by atoms with Gasteiger partial charge < -0.3 is 0 Å². The van der Waals surface area contributed by atoms with Gasteiger partial charge in [-0.3, -0.25) is 0 Å². The molecule has 4 aromatic rings. The molecule has 1 aliphatic heterocycles. The first-order valence-corrected chi connectivity index (χ1v) is 11.8. The molecule has 2 aromatic heterocycles. The lowest BCUT2D eigenvalue weighted by Gasteiger charge is -2.28. The topological polar surface area (TPSA) is 76.7 Å². The fraction of sp³-hybridized carbons (Fsp3) is 0.182. The summed E-state index contributed by atoms with van der Waals surface area (Å²) in [4.78, 5) is 12.8. The molecule has 164 valence electrons. The maximum atomic E-state index is 14.2. The third-order valence-electron chi connectivity index (χ3n) is 5.66. The molecule has 7 nitrogen and oxygen atoms in total. The van der Waals surface area contributed by atoms with Gasteiger partial charge in [-0.05, 0) is 41.8 Å². The first-order chi connectivity index (χ1) is 15.4. The van der Waals surface area contributed by atoms with Crippen LogP contribution in [0.3, 0.4) is 0 Å². The summed E-state index contributed by atoms with van der Waals surface area (Å²) in [7, 11) is -3.93. The van der Waals surface area contributed by atoms with Crippen LogP contribution in [0.5, 0.6) is 0 Å². The molecule has 1 aliphatic rings. The van der Waals surface area contributed by atoms with Crippen molar-refractivity contribution >= 4 is 27.3 Å². The summed E-state index contributed by atoms with van der Waals surface area (Å²) in [5.74, 6) is -0.568. The first-order valence-electron chi connectivity index (χ1n) is 9.94. The van der Waals surface area contributed by atoms with Crippen LogP contribution >= 0.6 is 11.6 Å². The van der Waals surface area contributed by atoms with Gasteiger partial charge in [0.2, 0.25) is 10.0 Å². The van der Waals surface area contributed by atoms with Crippen molar-refractivity contribution in [1.82, 2.24) is 18.5 Å². The summed E-state index contributed by atoms with van der Waals surface area (Å²) >= 11 is 6.08. The minimum Gasteiger partial charge on any atom is -0.249 e. The molecule has 0 atom stereocenters. The maximum Gasteiger partial charge on any atom is 0.350 e. The van der Waals surface area contributed by atoms with Crippen LogP contribution in [0.1, 0.15) is 16.7 Å². The van der Waals surface area contributed by atoms with Crippen molar-refractivity contribution in [2.45, 2.75) is 24.4 Å². The Bertz CT molecular complexity index is 1490. The maximum absolute atomic E-state index is 14.2. The number of benzene rings is 2. The number of aromatic nitrogens is 3. The molecule has 0 aliphatic carbocycles. The van der Waals surface area contributed by atoms with E-state index >= 15 is 0 Å². The van der Waals surface area contributed by atoms with Gasteiger partial charge in [0.05, 0.1) is 6.54 Å². The van der Waals surface area contributed by atoms with Crippen molar-refractivity contribution in [3.8, 4) is 0 Å². The number of sulfonamides is 1. The first kappa shape index (κ1) is 20.9. The average molecular weight is 473 g/mol. The van der Waals surface area contributed by atoms with Gasteiger partial charge in [-0.1, -0.05) is 41.9 Å². The van der Waals surface area contributed by atoms with E-state index in [1.165, 1.54) is 40.8 Å². The Balaban J connectivity index is 1.57. The van der Waals surface area contributed by atoms with Crippen LogP contribution < -0.4 is 5.69 Å². The number of nitrogens with zero attached hydrogens (tertiary/aromatic N) is 4. The Morgan fingerprint density at radius 3 is 2.59 bits per heavy atom. The van der Waals surface area contributed by atoms with Crippen molar-refractivity contribution < 1.29 is 12.8 Å². The summed E-state index contributed by atoms with van der Waals surface area (Å²) in [5, 5.41) is 4.39. The fourth-order valence-electron chi connectivity index (χ4n) is 3.97. The Morgan fingerprint density at radius 2 is 1.81 bits per heavy atom. The Labute approximate surface area is 188 Å². The third kappa shape index (κ3) is 3.42. The van der Waals surface area contributed by atoms with Crippen LogP contribution in [-0.4, -0.2) is 33.4 Å². The van der Waals surface area contributed by atoms with Crippen LogP contribution in [0.4, 0.5) is 4.39 Å². The lowest BCUT2D eigenvalue weighted by molar-refractivity contribution is 0.391. The summed E-state index contributed by atoms with van der Waals surface area (Å²) < 4.78 is 44.7. The molecular formula is C22H18ClFN4O3S. The SMILES string of the molecule is O=c1n(Cc2c(F)cccc2Cl)nc2c(S(=O)(=O)N3CCc4ccccc4C3)cccn12. The Kier molecular flexibility index (Phi) is 5.11. The lowest BCUT2D eigenvalue weighted by atomic mass is 10.0. The standard InChI is InChI=1S/C22H18ClFN4O3S/c23-18-7-3-8-19(24)17(18)14-28-22(29)27-11-4-9-20(21(27)25-28)32(30,31)26-12-10-15-5-1-2-6-16(15)13-26/h1-9,11H,10,12-14H2. The van der Waals surface area contributed by atoms with Crippen LogP contribution in [-0.2, 0) is 29.5 Å². The van der Waals surface area contributed by atoms with Crippen molar-refractivity contribution in [3.05, 3.63) is 98.8 Å². The summed E-state index contributed by atoms with van der Waals surface area (Å²) in [6.07, 6.45) is 2.04. The van der Waals surface area contributed by atoms with Crippen molar-refractivity contribution in [2.75, 3.05) is 6.54 Å². The predicted molar refractivity (Wildman–Crippen MR) is 118 cm³/mol. The minimum absolute atomic E-state index is 0.0104. The monoisotopic (exact) mass is 472 g/mol. The highest BCUT2D eigenvalue weighted by Gasteiger charge is 2.31. The van der Waals surface area contributed by atoms with Gasteiger partial charge in [0.15, 0.2) is 5.65 Å². The van der Waals surface area contributed by atoms with Gasteiger partial charge in [0.25, 0.3) is 0 Å². The van der Waals surface area contributed by atoms with E-state index in [9.17, 15) is 17.6 Å². The van der Waals surface area contributed by atoms with Gasteiger partial charge in [-0.15, -0.1) is 5.10 Å². The van der Waals surface area contributed by atoms with Gasteiger partial charge in [-0.25, -0.2) is 26.7 Å². The largest absolute Gasteiger partial charge is 0.350 e. The zero-order valence-electron chi connectivity index (χ0n) is 16.8. The fourth-order valence-corrected chi connectivity index (χ4v) is 5.73. The number of hydrogen-bond acceptors (Lipinski definition) is 4. The van der Waals surface area contributed by atoms with E-state index in [0.29, 0.717) is 13.0 Å². The minimum atomic E-state index is -3.93. The predicted octanol–water partition coefficient (Wildman–Crippen LogP) is 3.08. The van der Waals surface area contributed by atoms with E-state index in [-0.39, 0.29) is 34.2 Å². The highest BCUT2D eigenvalue weighted by Crippen LogP contribution is 2.26. The lowest BCUT2D eigenvalue weighted by Crippen LogP contribution is -2.36. The zero-order chi connectivity index (χ0) is 22.5. The van der Waals surface area contributed by atoms with Crippen LogP contribution in [0.15, 0.2) is 70.5 Å². The van der Waals surface area contributed by atoms with Crippen molar-refractivity contribution in [1.29, 1.82) is 0 Å². The Hall–Kier alpha value is -3.01. The molecule has 0 unspecified atom stereocenters. The zero-order valence-corrected chi connectivity index (χ0v) is 18.4. The molecule has 0 spiro atoms. The van der Waals surface area contributed by atoms with Gasteiger partial charge in [-0.2, -0.15) is 4.31 Å². The second-order valence-electron chi connectivity index (χ2n) is 7.56. The molecule has 0 N–H and O–H groups in total. The molecule has 5 rings (SSSR count). The summed E-state index contributed by atoms with van der Waals surface area (Å²) in [5.41, 5.74) is 1.59. The van der Waals surface area contributed by atoms with Crippen LogP contribution in [0.25, 0.3) is 5.65 Å². The van der Waals surface area contributed by atoms with Crippen molar-refractivity contribution in [2.24, 2.45) is 0 Å². The molecule has 0 saturated heterocycles. The number of pyridine rings is 1. The number of hydrogen-bond donors (Lipinski definition) is 0. The second-order valence-corrected chi connectivity index (χ2v) is 9.88. The van der Waals surface area contributed by atoms with Crippen LogP contribution in [0, 0.1) is 5.82 Å². The number of halogens is 2. The van der Waals surface area contributed by atoms with E-state index in [1.54, 1.807) is 0 Å². The molecule has 10 heteroatoms. The van der Waals surface area contributed by atoms with Gasteiger partial charge in [0, 0.05) is 29.9 Å². The van der Waals surface area contributed by atoms with Gasteiger partial charge in [0.1, 0.15) is 10.7 Å². The number of rotatable bonds is 4. The molecule has 0 fully saturated rings. The molecule has 3 heterocycles. The van der Waals surface area contributed by atoms with Crippen LogP contribution in [0.2, 0.25) is 5.02 Å². The molecule has 2 aromatic carbocycles. The van der Waals surface area contributed by atoms with E-state index in [0.717, 1.165) is 20.2 Å².